The number of rotatable bonds is 6. The highest BCUT2D eigenvalue weighted by molar-refractivity contribution is 9.10. The summed E-state index contributed by atoms with van der Waals surface area (Å²) in [4.78, 5) is 12.1. The van der Waals surface area contributed by atoms with Crippen LogP contribution in [0.25, 0.3) is 0 Å². The fourth-order valence-corrected chi connectivity index (χ4v) is 4.11. The molecule has 7 heteroatoms. The topological polar surface area (TPSA) is 67.2 Å². The molecular weight excluding hydrogens is 354 g/mol. The van der Waals surface area contributed by atoms with E-state index in [4.69, 9.17) is 5.11 Å². The number of aliphatic hydroxyl groups excluding tert-OH is 1. The molecule has 0 unspecified atom stereocenters. The Morgan fingerprint density at radius 3 is 2.81 bits per heavy atom. The molecule has 0 spiro atoms. The second-order valence-electron chi connectivity index (χ2n) is 5.43. The van der Waals surface area contributed by atoms with Gasteiger partial charge in [0, 0.05) is 11.3 Å². The Morgan fingerprint density at radius 1 is 1.48 bits per heavy atom. The zero-order valence-corrected chi connectivity index (χ0v) is 14.7. The molecule has 0 radical (unpaired) electrons. The van der Waals surface area contributed by atoms with Crippen molar-refractivity contribution in [3.63, 3.8) is 0 Å². The Kier molecular flexibility index (Phi) is 6.13. The van der Waals surface area contributed by atoms with Crippen LogP contribution in [0.3, 0.4) is 0 Å². The maximum Gasteiger partial charge on any atom is 0.283 e. The van der Waals surface area contributed by atoms with Gasteiger partial charge in [-0.05, 0) is 35.0 Å². The third-order valence-electron chi connectivity index (χ3n) is 4.10. The number of nitrogens with one attached hydrogen (secondary N) is 1. The Balaban J connectivity index is 2.09. The van der Waals surface area contributed by atoms with Crippen molar-refractivity contribution in [3.05, 3.63) is 21.0 Å². The van der Waals surface area contributed by atoms with Gasteiger partial charge in [-0.1, -0.05) is 19.3 Å². The average molecular weight is 376 g/mol. The second-order valence-corrected chi connectivity index (χ2v) is 7.49. The van der Waals surface area contributed by atoms with E-state index in [0.717, 1.165) is 12.2 Å². The molecule has 0 amide bonds. The maximum atomic E-state index is 12.1. The zero-order valence-electron chi connectivity index (χ0n) is 12.3. The Morgan fingerprint density at radius 2 is 2.19 bits per heavy atom. The van der Waals surface area contributed by atoms with Crippen LogP contribution in [0.1, 0.15) is 32.1 Å². The average Bonchev–Trinajstić information content (AvgIpc) is 2.52. The Hall–Kier alpha value is -0.530. The monoisotopic (exact) mass is 375 g/mol. The molecule has 0 aliphatic heterocycles. The molecule has 1 aliphatic rings. The predicted molar refractivity (Wildman–Crippen MR) is 91.1 cm³/mol. The van der Waals surface area contributed by atoms with Crippen LogP contribution in [0, 0.1) is 0 Å². The summed E-state index contributed by atoms with van der Waals surface area (Å²) in [5.74, 6) is 0. The number of nitrogens with zero attached hydrogens (tertiary/aromatic N) is 2. The van der Waals surface area contributed by atoms with Gasteiger partial charge in [-0.15, -0.1) is 0 Å². The van der Waals surface area contributed by atoms with Crippen LogP contribution in [0.5, 0.6) is 0 Å². The molecule has 1 aromatic heterocycles. The fourth-order valence-electron chi connectivity index (χ4n) is 2.75. The van der Waals surface area contributed by atoms with Crippen molar-refractivity contribution in [2.24, 2.45) is 0 Å². The first-order valence-corrected chi connectivity index (χ1v) is 9.29. The normalized spacial score (nSPS) is 17.7. The molecule has 5 nitrogen and oxygen atoms in total. The van der Waals surface area contributed by atoms with Gasteiger partial charge in [0.1, 0.15) is 4.47 Å². The molecule has 118 valence electrons. The van der Waals surface area contributed by atoms with E-state index in [1.54, 1.807) is 6.20 Å². The van der Waals surface area contributed by atoms with Crippen molar-refractivity contribution in [2.45, 2.75) is 43.4 Å². The highest BCUT2D eigenvalue weighted by atomic mass is 79.9. The molecule has 1 aliphatic carbocycles. The summed E-state index contributed by atoms with van der Waals surface area (Å²) in [6.07, 6.45) is 10.1. The largest absolute Gasteiger partial charge is 0.394 e. The Labute approximate surface area is 137 Å². The lowest BCUT2D eigenvalue weighted by Crippen LogP contribution is -2.36. The van der Waals surface area contributed by atoms with E-state index >= 15 is 0 Å². The molecule has 0 saturated heterocycles. The van der Waals surface area contributed by atoms with E-state index in [1.165, 1.54) is 36.8 Å². The van der Waals surface area contributed by atoms with Crippen molar-refractivity contribution in [2.75, 3.05) is 24.7 Å². The van der Waals surface area contributed by atoms with Crippen LogP contribution in [0.15, 0.2) is 15.5 Å². The number of aliphatic hydroxyl groups is 1. The fraction of sp³-hybridized carbons (Fsp3) is 0.714. The van der Waals surface area contributed by atoms with E-state index < -0.39 is 0 Å². The molecule has 0 atom stereocenters. The van der Waals surface area contributed by atoms with E-state index in [-0.39, 0.29) is 23.5 Å². The SMILES string of the molecule is CSC1(CNc2cnn(CCO)c(=O)c2Br)CCCCC1. The summed E-state index contributed by atoms with van der Waals surface area (Å²) in [5.41, 5.74) is 0.518. The molecule has 1 aromatic rings. The molecule has 1 heterocycles. The number of anilines is 1. The molecule has 0 bridgehead atoms. The Bertz CT molecular complexity index is 529. The van der Waals surface area contributed by atoms with Crippen molar-refractivity contribution in [1.29, 1.82) is 0 Å². The van der Waals surface area contributed by atoms with Gasteiger partial charge in [-0.3, -0.25) is 4.79 Å². The quantitative estimate of drug-likeness (QED) is 0.799. The third-order valence-corrected chi connectivity index (χ3v) is 6.28. The van der Waals surface area contributed by atoms with Gasteiger partial charge >= 0.3 is 0 Å². The first-order chi connectivity index (χ1) is 10.1. The van der Waals surface area contributed by atoms with Crippen LogP contribution in [-0.2, 0) is 6.54 Å². The molecule has 2 rings (SSSR count). The molecule has 0 aromatic carbocycles. The lowest BCUT2D eigenvalue weighted by atomic mass is 9.88. The van der Waals surface area contributed by atoms with Gasteiger partial charge in [0.25, 0.3) is 5.56 Å². The summed E-state index contributed by atoms with van der Waals surface area (Å²) < 4.78 is 2.01. The minimum Gasteiger partial charge on any atom is -0.394 e. The molecule has 21 heavy (non-hydrogen) atoms. The van der Waals surface area contributed by atoms with Crippen LogP contribution >= 0.6 is 27.7 Å². The maximum absolute atomic E-state index is 12.1. The standard InChI is InChI=1S/C14H22BrN3O2S/c1-21-14(5-3-2-4-6-14)10-16-11-9-17-18(7-8-19)13(20)12(11)15/h9,16,19H,2-8,10H2,1H3. The molecular formula is C14H22BrN3O2S. The van der Waals surface area contributed by atoms with Gasteiger partial charge in [0.15, 0.2) is 0 Å². The van der Waals surface area contributed by atoms with E-state index in [9.17, 15) is 4.79 Å². The lowest BCUT2D eigenvalue weighted by molar-refractivity contribution is 0.266. The van der Waals surface area contributed by atoms with Crippen molar-refractivity contribution >= 4 is 33.4 Å². The summed E-state index contributed by atoms with van der Waals surface area (Å²) in [6, 6.07) is 0. The van der Waals surface area contributed by atoms with Crippen LogP contribution in [-0.4, -0.2) is 39.0 Å². The molecule has 1 saturated carbocycles. The first-order valence-electron chi connectivity index (χ1n) is 7.27. The third kappa shape index (κ3) is 4.02. The minimum absolute atomic E-state index is 0.0955. The highest BCUT2D eigenvalue weighted by Gasteiger charge is 2.31. The van der Waals surface area contributed by atoms with Crippen molar-refractivity contribution in [3.8, 4) is 0 Å². The van der Waals surface area contributed by atoms with Crippen LogP contribution < -0.4 is 10.9 Å². The number of hydrogen-bond donors (Lipinski definition) is 2. The van der Waals surface area contributed by atoms with E-state index in [0.29, 0.717) is 4.47 Å². The summed E-state index contributed by atoms with van der Waals surface area (Å²) in [5, 5.41) is 16.4. The molecule has 1 fully saturated rings. The first kappa shape index (κ1) is 16.8. The minimum atomic E-state index is -0.212. The predicted octanol–water partition coefficient (Wildman–Crippen LogP) is 2.48. The number of thioether (sulfide) groups is 1. The number of hydrogen-bond acceptors (Lipinski definition) is 5. The van der Waals surface area contributed by atoms with Gasteiger partial charge in [0.05, 0.1) is 25.0 Å². The summed E-state index contributed by atoms with van der Waals surface area (Å²) >= 11 is 5.26. The van der Waals surface area contributed by atoms with E-state index in [2.05, 4.69) is 32.6 Å². The lowest BCUT2D eigenvalue weighted by Gasteiger charge is -2.36. The van der Waals surface area contributed by atoms with Gasteiger partial charge in [-0.2, -0.15) is 16.9 Å². The highest BCUT2D eigenvalue weighted by Crippen LogP contribution is 2.38. The summed E-state index contributed by atoms with van der Waals surface area (Å²) in [7, 11) is 0. The smallest absolute Gasteiger partial charge is 0.283 e. The van der Waals surface area contributed by atoms with Gasteiger partial charge < -0.3 is 10.4 Å². The van der Waals surface area contributed by atoms with Crippen LogP contribution in [0.4, 0.5) is 5.69 Å². The zero-order chi connectivity index (χ0) is 15.3. The van der Waals surface area contributed by atoms with Gasteiger partial charge in [0.2, 0.25) is 0 Å². The van der Waals surface area contributed by atoms with Gasteiger partial charge in [-0.25, -0.2) is 4.68 Å². The summed E-state index contributed by atoms with van der Waals surface area (Å²) in [6.45, 7) is 0.964. The number of halogens is 1. The van der Waals surface area contributed by atoms with E-state index in [1.807, 2.05) is 11.8 Å². The van der Waals surface area contributed by atoms with Crippen molar-refractivity contribution < 1.29 is 5.11 Å². The van der Waals surface area contributed by atoms with Crippen LogP contribution in [0.2, 0.25) is 0 Å². The number of aromatic nitrogens is 2. The second kappa shape index (κ2) is 7.65. The molecule has 2 N–H and O–H groups in total. The van der Waals surface area contributed by atoms with Crippen molar-refractivity contribution in [1.82, 2.24) is 9.78 Å².